The van der Waals surface area contributed by atoms with E-state index in [1.807, 2.05) is 24.3 Å². The summed E-state index contributed by atoms with van der Waals surface area (Å²) in [5.74, 6) is 0.880. The number of H-pyrrole nitrogens is 2. The number of hydrogen-bond acceptors (Lipinski definition) is 5. The Hall–Kier alpha value is -5.04. The van der Waals surface area contributed by atoms with Crippen LogP contribution in [-0.2, 0) is 6.42 Å². The monoisotopic (exact) mass is 463 g/mol. The summed E-state index contributed by atoms with van der Waals surface area (Å²) in [6.45, 7) is 0. The molecule has 7 nitrogen and oxygen atoms in total. The molecule has 0 aliphatic carbocycles. The van der Waals surface area contributed by atoms with Crippen LogP contribution in [0.5, 0.6) is 0 Å². The van der Waals surface area contributed by atoms with Crippen molar-refractivity contribution in [2.24, 2.45) is 0 Å². The van der Waals surface area contributed by atoms with Gasteiger partial charge in [-0.1, -0.05) is 36.4 Å². The van der Waals surface area contributed by atoms with E-state index in [4.69, 9.17) is 19.9 Å². The number of nitrogens with one attached hydrogen (secondary N) is 3. The van der Waals surface area contributed by atoms with Crippen molar-refractivity contribution in [3.05, 3.63) is 84.1 Å². The maximum atomic E-state index is 5.05. The SMILES string of the molecule is c1cc2nc3nc2c(c1)c1[nH]c2c(cccc2c2nc4cccc(c5[nH]c6c(cccc36)N5)c4n2)C1. The van der Waals surface area contributed by atoms with Gasteiger partial charge in [0.05, 0.1) is 27.8 Å². The van der Waals surface area contributed by atoms with Crippen LogP contribution in [0.1, 0.15) is 11.3 Å². The van der Waals surface area contributed by atoms with Gasteiger partial charge in [0.25, 0.3) is 0 Å². The number of hydrogen-bond donors (Lipinski definition) is 3. The summed E-state index contributed by atoms with van der Waals surface area (Å²) in [7, 11) is 0. The number of para-hydroxylation sites is 4. The molecule has 9 rings (SSSR count). The molecule has 7 aromatic rings. The van der Waals surface area contributed by atoms with Gasteiger partial charge in [0.1, 0.15) is 16.9 Å². The van der Waals surface area contributed by atoms with Crippen LogP contribution in [0, 0.1) is 0 Å². The zero-order chi connectivity index (χ0) is 23.4. The highest BCUT2D eigenvalue weighted by atomic mass is 15.1. The van der Waals surface area contributed by atoms with E-state index in [9.17, 15) is 0 Å². The van der Waals surface area contributed by atoms with Crippen LogP contribution in [0.15, 0.2) is 72.8 Å². The van der Waals surface area contributed by atoms with Crippen molar-refractivity contribution in [2.45, 2.75) is 6.42 Å². The Bertz CT molecular complexity index is 2060. The molecule has 2 aliphatic heterocycles. The molecule has 3 N–H and O–H groups in total. The first kappa shape index (κ1) is 18.3. The second-order valence-corrected chi connectivity index (χ2v) is 9.41. The highest BCUT2D eigenvalue weighted by Gasteiger charge is 2.18. The van der Waals surface area contributed by atoms with Gasteiger partial charge in [0.15, 0.2) is 11.3 Å². The highest BCUT2D eigenvalue weighted by Crippen LogP contribution is 2.36. The molecule has 5 heterocycles. The maximum absolute atomic E-state index is 5.05. The lowest BCUT2D eigenvalue weighted by molar-refractivity contribution is 1.22. The average molecular weight is 464 g/mol. The fourth-order valence-corrected chi connectivity index (χ4v) is 5.69. The van der Waals surface area contributed by atoms with Crippen LogP contribution in [0.4, 0.5) is 11.5 Å². The number of nitrogens with zero attached hydrogens (tertiary/aromatic N) is 4. The summed E-state index contributed by atoms with van der Waals surface area (Å²) >= 11 is 0. The lowest BCUT2D eigenvalue weighted by Crippen LogP contribution is -1.86. The van der Waals surface area contributed by atoms with E-state index >= 15 is 0 Å². The van der Waals surface area contributed by atoms with E-state index in [1.165, 1.54) is 5.56 Å². The first-order valence-electron chi connectivity index (χ1n) is 12.0. The van der Waals surface area contributed by atoms with Gasteiger partial charge in [0.2, 0.25) is 0 Å². The largest absolute Gasteiger partial charge is 0.357 e. The number of imidazole rings is 2. The fourth-order valence-electron chi connectivity index (χ4n) is 5.69. The van der Waals surface area contributed by atoms with Gasteiger partial charge < -0.3 is 15.3 Å². The fraction of sp³-hybridized carbons (Fsp3) is 0.0345. The third-order valence-corrected chi connectivity index (χ3v) is 7.36. The molecule has 8 bridgehead atoms. The predicted octanol–water partition coefficient (Wildman–Crippen LogP) is 6.49. The van der Waals surface area contributed by atoms with Crippen LogP contribution in [-0.4, -0.2) is 29.9 Å². The van der Waals surface area contributed by atoms with Crippen molar-refractivity contribution in [1.82, 2.24) is 29.9 Å². The van der Waals surface area contributed by atoms with Crippen LogP contribution < -0.4 is 5.32 Å². The van der Waals surface area contributed by atoms with E-state index < -0.39 is 0 Å². The average Bonchev–Trinajstić information content (AvgIpc) is 3.69. The van der Waals surface area contributed by atoms with Gasteiger partial charge in [0, 0.05) is 33.7 Å². The molecular formula is C29H17N7. The zero-order valence-corrected chi connectivity index (χ0v) is 18.9. The lowest BCUT2D eigenvalue weighted by atomic mass is 10.1. The third-order valence-electron chi connectivity index (χ3n) is 7.36. The summed E-state index contributed by atoms with van der Waals surface area (Å²) in [6, 6.07) is 24.8. The Balaban J connectivity index is 1.58. The van der Waals surface area contributed by atoms with Crippen LogP contribution >= 0.6 is 0 Å². The molecule has 0 unspecified atom stereocenters. The highest BCUT2D eigenvalue weighted by molar-refractivity contribution is 6.10. The summed E-state index contributed by atoms with van der Waals surface area (Å²) in [5.41, 5.74) is 10.3. The quantitative estimate of drug-likeness (QED) is 0.239. The maximum Gasteiger partial charge on any atom is 0.162 e. The Morgan fingerprint density at radius 3 is 2.00 bits per heavy atom. The van der Waals surface area contributed by atoms with Gasteiger partial charge in [-0.2, -0.15) is 0 Å². The second-order valence-electron chi connectivity index (χ2n) is 9.41. The molecule has 0 radical (unpaired) electrons. The molecule has 3 aromatic heterocycles. The number of rotatable bonds is 0. The topological polar surface area (TPSA) is 95.2 Å². The molecule has 2 aliphatic rings. The number of aromatic nitrogens is 6. The minimum atomic E-state index is 0.711. The number of benzene rings is 4. The first-order valence-corrected chi connectivity index (χ1v) is 12.0. The molecule has 0 saturated heterocycles. The van der Waals surface area contributed by atoms with Crippen molar-refractivity contribution >= 4 is 77.4 Å². The van der Waals surface area contributed by atoms with E-state index in [0.29, 0.717) is 5.65 Å². The van der Waals surface area contributed by atoms with Crippen LogP contribution in [0.2, 0.25) is 0 Å². The first-order chi connectivity index (χ1) is 17.8. The number of anilines is 2. The third kappa shape index (κ3) is 2.31. The molecule has 0 spiro atoms. The Labute approximate surface area is 203 Å². The minimum Gasteiger partial charge on any atom is -0.357 e. The van der Waals surface area contributed by atoms with Crippen molar-refractivity contribution < 1.29 is 0 Å². The normalized spacial score (nSPS) is 13.1. The molecule has 0 saturated carbocycles. The lowest BCUT2D eigenvalue weighted by Gasteiger charge is -2.00. The smallest absolute Gasteiger partial charge is 0.162 e. The number of fused-ring (bicyclic) bond motifs is 8. The van der Waals surface area contributed by atoms with E-state index in [-0.39, 0.29) is 0 Å². The minimum absolute atomic E-state index is 0.711. The molecule has 0 amide bonds. The standard InChI is InChI=1S/C29H17N7/c1-5-14-13-22-15-6-2-10-19-24(15)34-28(31-19)17-8-3-12-21-26(17)36-29(33-21)18-9-4-11-20-25(18)35-27(32-20)16(7-1)23(14)30-22/h1-12,30,33,36H,13H2. The van der Waals surface area contributed by atoms with E-state index in [0.717, 1.165) is 83.9 Å². The van der Waals surface area contributed by atoms with Crippen molar-refractivity contribution in [2.75, 3.05) is 5.32 Å². The Morgan fingerprint density at radius 2 is 1.19 bits per heavy atom. The van der Waals surface area contributed by atoms with Gasteiger partial charge in [-0.05, 0) is 42.0 Å². The van der Waals surface area contributed by atoms with Gasteiger partial charge in [-0.25, -0.2) is 19.9 Å². The molecule has 0 atom stereocenters. The molecule has 168 valence electrons. The van der Waals surface area contributed by atoms with E-state index in [2.05, 4.69) is 63.8 Å². The molecular weight excluding hydrogens is 446 g/mol. The molecule has 0 fully saturated rings. The predicted molar refractivity (Wildman–Crippen MR) is 144 cm³/mol. The second kappa shape index (κ2) is 6.34. The Morgan fingerprint density at radius 1 is 0.556 bits per heavy atom. The number of aromatic amines is 2. The summed E-state index contributed by atoms with van der Waals surface area (Å²) in [4.78, 5) is 27.3. The van der Waals surface area contributed by atoms with Crippen LogP contribution in [0.25, 0.3) is 65.9 Å². The Kier molecular flexibility index (Phi) is 3.22. The molecule has 36 heavy (non-hydrogen) atoms. The van der Waals surface area contributed by atoms with Crippen molar-refractivity contribution in [1.29, 1.82) is 0 Å². The summed E-state index contributed by atoms with van der Waals surface area (Å²) in [5, 5.41) is 7.56. The zero-order valence-electron chi connectivity index (χ0n) is 18.9. The van der Waals surface area contributed by atoms with Gasteiger partial charge in [-0.15, -0.1) is 0 Å². The van der Waals surface area contributed by atoms with Crippen molar-refractivity contribution in [3.8, 4) is 0 Å². The molecule has 4 aromatic carbocycles. The summed E-state index contributed by atoms with van der Waals surface area (Å²) < 4.78 is 0. The molecule has 7 heteroatoms. The summed E-state index contributed by atoms with van der Waals surface area (Å²) in [6.07, 6.45) is 0.792. The van der Waals surface area contributed by atoms with Gasteiger partial charge >= 0.3 is 0 Å². The van der Waals surface area contributed by atoms with E-state index in [1.54, 1.807) is 0 Å². The van der Waals surface area contributed by atoms with Crippen molar-refractivity contribution in [3.63, 3.8) is 0 Å². The van der Waals surface area contributed by atoms with Crippen LogP contribution in [0.3, 0.4) is 0 Å². The van der Waals surface area contributed by atoms with Gasteiger partial charge in [-0.3, -0.25) is 0 Å².